The number of rotatable bonds is 4. The molecule has 1 aromatic heterocycles. The van der Waals surface area contributed by atoms with Crippen LogP contribution in [0.2, 0.25) is 0 Å². The van der Waals surface area contributed by atoms with Gasteiger partial charge < -0.3 is 14.6 Å². The number of aromatic hydroxyl groups is 2. The SMILES string of the molecule is CC(C)c1cc(Cc2nc3c(O)cccc3o2)cc(C(C)C)c1O. The highest BCUT2D eigenvalue weighted by molar-refractivity contribution is 5.79. The highest BCUT2D eigenvalue weighted by Gasteiger charge is 2.17. The molecular weight excluding hydrogens is 302 g/mol. The molecule has 3 rings (SSSR count). The fourth-order valence-corrected chi connectivity index (χ4v) is 2.96. The van der Waals surface area contributed by atoms with Gasteiger partial charge in [-0.15, -0.1) is 0 Å². The Kier molecular flexibility index (Phi) is 4.22. The molecule has 0 aliphatic carbocycles. The Morgan fingerprint density at radius 2 is 1.62 bits per heavy atom. The summed E-state index contributed by atoms with van der Waals surface area (Å²) >= 11 is 0. The number of phenolic OH excluding ortho intramolecular Hbond substituents is 2. The fourth-order valence-electron chi connectivity index (χ4n) is 2.96. The van der Waals surface area contributed by atoms with Crippen LogP contribution in [0.25, 0.3) is 11.1 Å². The lowest BCUT2D eigenvalue weighted by molar-refractivity contribution is 0.454. The highest BCUT2D eigenvalue weighted by atomic mass is 16.3. The van der Waals surface area contributed by atoms with Crippen LogP contribution in [-0.2, 0) is 6.42 Å². The maximum Gasteiger partial charge on any atom is 0.200 e. The summed E-state index contributed by atoms with van der Waals surface area (Å²) in [6, 6.07) is 9.16. The van der Waals surface area contributed by atoms with Crippen molar-refractivity contribution in [2.24, 2.45) is 0 Å². The lowest BCUT2D eigenvalue weighted by Gasteiger charge is -2.17. The quantitative estimate of drug-likeness (QED) is 0.702. The molecular formula is C20H23NO3. The molecule has 0 saturated carbocycles. The molecule has 0 atom stereocenters. The number of oxazole rings is 1. The number of nitrogens with zero attached hydrogens (tertiary/aromatic N) is 1. The molecule has 0 amide bonds. The molecule has 0 bridgehead atoms. The molecule has 0 radical (unpaired) electrons. The monoisotopic (exact) mass is 325 g/mol. The zero-order valence-electron chi connectivity index (χ0n) is 14.5. The Morgan fingerprint density at radius 3 is 2.17 bits per heavy atom. The second-order valence-corrected chi connectivity index (χ2v) is 6.84. The van der Waals surface area contributed by atoms with Crippen molar-refractivity contribution in [3.63, 3.8) is 0 Å². The number of hydrogen-bond acceptors (Lipinski definition) is 4. The molecule has 0 spiro atoms. The van der Waals surface area contributed by atoms with Crippen LogP contribution in [0.1, 0.15) is 62.1 Å². The summed E-state index contributed by atoms with van der Waals surface area (Å²) in [4.78, 5) is 4.40. The number of phenols is 2. The van der Waals surface area contributed by atoms with Crippen molar-refractivity contribution in [3.8, 4) is 11.5 Å². The first-order valence-corrected chi connectivity index (χ1v) is 8.30. The summed E-state index contributed by atoms with van der Waals surface area (Å²) in [7, 11) is 0. The second-order valence-electron chi connectivity index (χ2n) is 6.84. The van der Waals surface area contributed by atoms with Crippen LogP contribution in [0.4, 0.5) is 0 Å². The van der Waals surface area contributed by atoms with Gasteiger partial charge in [0.1, 0.15) is 11.5 Å². The summed E-state index contributed by atoms with van der Waals surface area (Å²) < 4.78 is 5.75. The number of hydrogen-bond donors (Lipinski definition) is 2. The van der Waals surface area contributed by atoms with Crippen LogP contribution in [-0.4, -0.2) is 15.2 Å². The fraction of sp³-hybridized carbons (Fsp3) is 0.350. The van der Waals surface area contributed by atoms with Gasteiger partial charge in [-0.3, -0.25) is 0 Å². The Hall–Kier alpha value is -2.49. The second kappa shape index (κ2) is 6.19. The number of aromatic nitrogens is 1. The Morgan fingerprint density at radius 1 is 1.00 bits per heavy atom. The summed E-state index contributed by atoms with van der Waals surface area (Å²) in [6.45, 7) is 8.28. The van der Waals surface area contributed by atoms with Gasteiger partial charge in [0.25, 0.3) is 0 Å². The Labute approximate surface area is 141 Å². The third kappa shape index (κ3) is 2.96. The third-order valence-corrected chi connectivity index (χ3v) is 4.27. The van der Waals surface area contributed by atoms with Crippen LogP contribution >= 0.6 is 0 Å². The minimum atomic E-state index is 0.124. The average Bonchev–Trinajstić information content (AvgIpc) is 2.92. The van der Waals surface area contributed by atoms with E-state index in [0.717, 1.165) is 16.7 Å². The molecule has 4 heteroatoms. The van der Waals surface area contributed by atoms with Crippen molar-refractivity contribution in [1.29, 1.82) is 0 Å². The van der Waals surface area contributed by atoms with Crippen molar-refractivity contribution < 1.29 is 14.6 Å². The van der Waals surface area contributed by atoms with Crippen LogP contribution in [0.5, 0.6) is 11.5 Å². The Bertz CT molecular complexity index is 849. The zero-order chi connectivity index (χ0) is 17.4. The largest absolute Gasteiger partial charge is 0.507 e. The average molecular weight is 325 g/mol. The van der Waals surface area contributed by atoms with Crippen LogP contribution in [0, 0.1) is 0 Å². The van der Waals surface area contributed by atoms with E-state index < -0.39 is 0 Å². The summed E-state index contributed by atoms with van der Waals surface area (Å²) in [5.41, 5.74) is 3.99. The van der Waals surface area contributed by atoms with Crippen LogP contribution in [0.3, 0.4) is 0 Å². The molecule has 1 heterocycles. The van der Waals surface area contributed by atoms with Gasteiger partial charge in [-0.25, -0.2) is 4.98 Å². The highest BCUT2D eigenvalue weighted by Crippen LogP contribution is 2.35. The van der Waals surface area contributed by atoms with Gasteiger partial charge in [-0.1, -0.05) is 45.9 Å². The molecule has 2 N–H and O–H groups in total. The molecule has 3 aromatic rings. The predicted octanol–water partition coefficient (Wildman–Crippen LogP) is 5.08. The van der Waals surface area contributed by atoms with E-state index in [1.54, 1.807) is 18.2 Å². The van der Waals surface area contributed by atoms with E-state index in [0.29, 0.717) is 29.2 Å². The van der Waals surface area contributed by atoms with Crippen molar-refractivity contribution >= 4 is 11.1 Å². The van der Waals surface area contributed by atoms with Gasteiger partial charge in [-0.05, 0) is 40.7 Å². The normalized spacial score (nSPS) is 11.8. The van der Waals surface area contributed by atoms with Crippen molar-refractivity contribution in [3.05, 3.63) is 52.9 Å². The molecule has 0 aliphatic rings. The van der Waals surface area contributed by atoms with Gasteiger partial charge in [0.2, 0.25) is 0 Å². The minimum Gasteiger partial charge on any atom is -0.507 e. The first kappa shape index (κ1) is 16.4. The van der Waals surface area contributed by atoms with E-state index >= 15 is 0 Å². The van der Waals surface area contributed by atoms with Gasteiger partial charge >= 0.3 is 0 Å². The van der Waals surface area contributed by atoms with Crippen LogP contribution in [0.15, 0.2) is 34.7 Å². The smallest absolute Gasteiger partial charge is 0.200 e. The maximum absolute atomic E-state index is 10.5. The Balaban J connectivity index is 2.03. The molecule has 0 unspecified atom stereocenters. The predicted molar refractivity (Wildman–Crippen MR) is 94.8 cm³/mol. The van der Waals surface area contributed by atoms with Crippen LogP contribution < -0.4 is 0 Å². The van der Waals surface area contributed by atoms with E-state index in [2.05, 4.69) is 32.7 Å². The van der Waals surface area contributed by atoms with E-state index in [1.165, 1.54) is 0 Å². The lowest BCUT2D eigenvalue weighted by atomic mass is 9.91. The molecule has 126 valence electrons. The van der Waals surface area contributed by atoms with E-state index in [1.807, 2.05) is 12.1 Å². The van der Waals surface area contributed by atoms with Crippen molar-refractivity contribution in [1.82, 2.24) is 4.98 Å². The minimum absolute atomic E-state index is 0.124. The standard InChI is InChI=1S/C20H23NO3/c1-11(2)14-8-13(9-15(12(3)4)20(14)23)10-18-21-19-16(22)6-5-7-17(19)24-18/h5-9,11-12,22-23H,10H2,1-4H3. The molecule has 0 fully saturated rings. The number of benzene rings is 2. The van der Waals surface area contributed by atoms with Gasteiger partial charge in [0.05, 0.1) is 0 Å². The van der Waals surface area contributed by atoms with Gasteiger partial charge in [0, 0.05) is 6.42 Å². The molecule has 0 aliphatic heterocycles. The van der Waals surface area contributed by atoms with E-state index in [9.17, 15) is 10.2 Å². The summed E-state index contributed by atoms with van der Waals surface area (Å²) in [5.74, 6) is 1.53. The number of para-hydroxylation sites is 1. The zero-order valence-corrected chi connectivity index (χ0v) is 14.5. The number of fused-ring (bicyclic) bond motifs is 1. The van der Waals surface area contributed by atoms with Crippen molar-refractivity contribution in [2.45, 2.75) is 46.0 Å². The third-order valence-electron chi connectivity index (χ3n) is 4.27. The lowest BCUT2D eigenvalue weighted by Crippen LogP contribution is -1.99. The maximum atomic E-state index is 10.5. The summed E-state index contributed by atoms with van der Waals surface area (Å²) in [5, 5.41) is 20.4. The topological polar surface area (TPSA) is 66.5 Å². The van der Waals surface area contributed by atoms with Gasteiger partial charge in [0.15, 0.2) is 17.0 Å². The van der Waals surface area contributed by atoms with E-state index in [-0.39, 0.29) is 17.6 Å². The molecule has 4 nitrogen and oxygen atoms in total. The first-order valence-electron chi connectivity index (χ1n) is 8.30. The summed E-state index contributed by atoms with van der Waals surface area (Å²) in [6.07, 6.45) is 0.522. The first-order chi connectivity index (χ1) is 11.4. The van der Waals surface area contributed by atoms with E-state index in [4.69, 9.17) is 4.42 Å². The van der Waals surface area contributed by atoms with Crippen molar-refractivity contribution in [2.75, 3.05) is 0 Å². The molecule has 2 aromatic carbocycles. The molecule has 24 heavy (non-hydrogen) atoms. The molecule has 0 saturated heterocycles. The van der Waals surface area contributed by atoms with Gasteiger partial charge in [-0.2, -0.15) is 0 Å².